The predicted octanol–water partition coefficient (Wildman–Crippen LogP) is 1.62. The van der Waals surface area contributed by atoms with Gasteiger partial charge in [-0.05, 0) is 24.6 Å². The predicted molar refractivity (Wildman–Crippen MR) is 79.0 cm³/mol. The summed E-state index contributed by atoms with van der Waals surface area (Å²) in [6.07, 6.45) is 1.25. The van der Waals surface area contributed by atoms with Crippen LogP contribution in [0.15, 0.2) is 30.5 Å². The molecule has 2 aromatic rings. The van der Waals surface area contributed by atoms with Gasteiger partial charge in [0.05, 0.1) is 24.9 Å². The van der Waals surface area contributed by atoms with E-state index < -0.39 is 11.9 Å². The highest BCUT2D eigenvalue weighted by Crippen LogP contribution is 2.19. The number of carbonyl (C=O) groups excluding carboxylic acids is 1. The maximum Gasteiger partial charge on any atom is 0.354 e. The zero-order valence-corrected chi connectivity index (χ0v) is 12.5. The summed E-state index contributed by atoms with van der Waals surface area (Å²) in [7, 11) is 3.04. The van der Waals surface area contributed by atoms with Gasteiger partial charge in [-0.15, -0.1) is 0 Å². The lowest BCUT2D eigenvalue weighted by molar-refractivity contribution is 0.0678. The lowest BCUT2D eigenvalue weighted by Crippen LogP contribution is -2.28. The minimum absolute atomic E-state index is 0.0322. The zero-order valence-electron chi connectivity index (χ0n) is 12.5. The van der Waals surface area contributed by atoms with E-state index in [9.17, 15) is 9.59 Å². The fraction of sp³-hybridized carbons (Fsp3) is 0.267. The second-order valence-corrected chi connectivity index (χ2v) is 4.81. The van der Waals surface area contributed by atoms with E-state index >= 15 is 0 Å². The maximum absolute atomic E-state index is 12.3. The Morgan fingerprint density at radius 2 is 2.14 bits per heavy atom. The average molecular weight is 303 g/mol. The number of carboxylic acid groups (broad SMARTS) is 1. The normalized spacial score (nSPS) is 11.8. The molecule has 7 nitrogen and oxygen atoms in total. The number of amides is 1. The molecular formula is C15H17N3O4. The lowest BCUT2D eigenvalue weighted by Gasteiger charge is -2.15. The van der Waals surface area contributed by atoms with Crippen LogP contribution in [-0.2, 0) is 7.05 Å². The zero-order chi connectivity index (χ0) is 16.3. The Morgan fingerprint density at radius 1 is 1.41 bits per heavy atom. The molecule has 0 saturated heterocycles. The summed E-state index contributed by atoms with van der Waals surface area (Å²) >= 11 is 0. The molecule has 1 amide bonds. The Balaban J connectivity index is 2.19. The monoisotopic (exact) mass is 303 g/mol. The molecule has 22 heavy (non-hydrogen) atoms. The number of ether oxygens (including phenoxy) is 1. The number of carbonyl (C=O) groups is 2. The van der Waals surface area contributed by atoms with Crippen molar-refractivity contribution >= 4 is 11.9 Å². The number of carboxylic acids is 1. The highest BCUT2D eigenvalue weighted by molar-refractivity contribution is 6.03. The molecule has 0 aliphatic heterocycles. The quantitative estimate of drug-likeness (QED) is 0.875. The lowest BCUT2D eigenvalue weighted by atomic mass is 10.1. The van der Waals surface area contributed by atoms with Gasteiger partial charge < -0.3 is 15.2 Å². The number of nitrogens with zero attached hydrogens (tertiary/aromatic N) is 2. The molecule has 0 bridgehead atoms. The van der Waals surface area contributed by atoms with E-state index in [0.717, 1.165) is 10.2 Å². The van der Waals surface area contributed by atoms with Gasteiger partial charge >= 0.3 is 5.97 Å². The van der Waals surface area contributed by atoms with E-state index in [0.29, 0.717) is 5.75 Å². The number of methoxy groups -OCH3 is 1. The van der Waals surface area contributed by atoms with Crippen LogP contribution in [0.1, 0.15) is 39.4 Å². The van der Waals surface area contributed by atoms with Gasteiger partial charge in [-0.25, -0.2) is 4.79 Å². The van der Waals surface area contributed by atoms with Crippen molar-refractivity contribution in [2.45, 2.75) is 13.0 Å². The number of rotatable bonds is 5. The minimum Gasteiger partial charge on any atom is -0.497 e. The second kappa shape index (κ2) is 6.30. The highest BCUT2D eigenvalue weighted by atomic mass is 16.5. The molecule has 1 aromatic carbocycles. The summed E-state index contributed by atoms with van der Waals surface area (Å²) in [5.74, 6) is -0.994. The highest BCUT2D eigenvalue weighted by Gasteiger charge is 2.22. The van der Waals surface area contributed by atoms with Crippen molar-refractivity contribution in [2.75, 3.05) is 7.11 Å². The van der Waals surface area contributed by atoms with Crippen LogP contribution < -0.4 is 10.1 Å². The van der Waals surface area contributed by atoms with Crippen LogP contribution in [-0.4, -0.2) is 33.9 Å². The van der Waals surface area contributed by atoms with Crippen LogP contribution in [0.3, 0.4) is 0 Å². The van der Waals surface area contributed by atoms with E-state index in [4.69, 9.17) is 9.84 Å². The van der Waals surface area contributed by atoms with Crippen molar-refractivity contribution in [2.24, 2.45) is 7.05 Å². The van der Waals surface area contributed by atoms with Crippen LogP contribution in [0.4, 0.5) is 0 Å². The SMILES string of the molecule is COc1cccc(C(C)NC(=O)c2cnn(C)c2C(=O)O)c1. The van der Waals surface area contributed by atoms with Crippen LogP contribution in [0.5, 0.6) is 5.75 Å². The molecule has 1 unspecified atom stereocenters. The van der Waals surface area contributed by atoms with Gasteiger partial charge in [0.1, 0.15) is 5.75 Å². The van der Waals surface area contributed by atoms with E-state index in [1.54, 1.807) is 7.11 Å². The van der Waals surface area contributed by atoms with Crippen molar-refractivity contribution in [1.29, 1.82) is 0 Å². The molecular weight excluding hydrogens is 286 g/mol. The van der Waals surface area contributed by atoms with E-state index in [-0.39, 0.29) is 17.3 Å². The van der Waals surface area contributed by atoms with Gasteiger partial charge in [0.25, 0.3) is 5.91 Å². The summed E-state index contributed by atoms with van der Waals surface area (Å²) in [5.41, 5.74) is 0.744. The second-order valence-electron chi connectivity index (χ2n) is 4.81. The molecule has 0 fully saturated rings. The fourth-order valence-electron chi connectivity index (χ4n) is 2.13. The minimum atomic E-state index is -1.20. The van der Waals surface area contributed by atoms with E-state index in [2.05, 4.69) is 10.4 Å². The number of hydrogen-bond donors (Lipinski definition) is 2. The number of nitrogens with one attached hydrogen (secondary N) is 1. The largest absolute Gasteiger partial charge is 0.497 e. The third kappa shape index (κ3) is 3.08. The number of aromatic carboxylic acids is 1. The Kier molecular flexibility index (Phi) is 4.45. The molecule has 2 rings (SSSR count). The van der Waals surface area contributed by atoms with E-state index in [1.807, 2.05) is 31.2 Å². The number of aryl methyl sites for hydroxylation is 1. The number of benzene rings is 1. The molecule has 1 aromatic heterocycles. The van der Waals surface area contributed by atoms with Gasteiger partial charge in [0.15, 0.2) is 5.69 Å². The van der Waals surface area contributed by atoms with E-state index in [1.165, 1.54) is 13.2 Å². The molecule has 0 aliphatic rings. The van der Waals surface area contributed by atoms with Crippen molar-refractivity contribution in [3.8, 4) is 5.75 Å². The standard InChI is InChI=1S/C15H17N3O4/c1-9(10-5-4-6-11(7-10)22-3)17-14(19)12-8-16-18(2)13(12)15(20)21/h4-9H,1-3H3,(H,17,19)(H,20,21). The Labute approximate surface area is 127 Å². The first-order valence-electron chi connectivity index (χ1n) is 6.64. The first kappa shape index (κ1) is 15.6. The molecule has 0 radical (unpaired) electrons. The van der Waals surface area contributed by atoms with Gasteiger partial charge in [0.2, 0.25) is 0 Å². The van der Waals surface area contributed by atoms with Crippen LogP contribution in [0.2, 0.25) is 0 Å². The van der Waals surface area contributed by atoms with Gasteiger partial charge in [0, 0.05) is 7.05 Å². The smallest absolute Gasteiger partial charge is 0.354 e. The molecule has 1 heterocycles. The number of aromatic nitrogens is 2. The molecule has 2 N–H and O–H groups in total. The topological polar surface area (TPSA) is 93.5 Å². The summed E-state index contributed by atoms with van der Waals surface area (Å²) < 4.78 is 6.30. The van der Waals surface area contributed by atoms with Crippen LogP contribution >= 0.6 is 0 Å². The molecule has 0 spiro atoms. The molecule has 1 atom stereocenters. The average Bonchev–Trinajstić information content (AvgIpc) is 2.89. The third-order valence-electron chi connectivity index (χ3n) is 3.33. The summed E-state index contributed by atoms with van der Waals surface area (Å²) in [5, 5.41) is 15.7. The molecule has 116 valence electrons. The molecule has 0 aliphatic carbocycles. The van der Waals surface area contributed by atoms with Crippen molar-refractivity contribution in [3.05, 3.63) is 47.3 Å². The van der Waals surface area contributed by atoms with Crippen LogP contribution in [0.25, 0.3) is 0 Å². The maximum atomic E-state index is 12.3. The Hall–Kier alpha value is -2.83. The van der Waals surface area contributed by atoms with Crippen molar-refractivity contribution < 1.29 is 19.4 Å². The van der Waals surface area contributed by atoms with Crippen LogP contribution in [0, 0.1) is 0 Å². The van der Waals surface area contributed by atoms with Gasteiger partial charge in [-0.2, -0.15) is 5.10 Å². The first-order chi connectivity index (χ1) is 10.4. The van der Waals surface area contributed by atoms with Crippen molar-refractivity contribution in [3.63, 3.8) is 0 Å². The summed E-state index contributed by atoms with van der Waals surface area (Å²) in [4.78, 5) is 23.5. The molecule has 0 saturated carbocycles. The summed E-state index contributed by atoms with van der Waals surface area (Å²) in [6.45, 7) is 1.81. The molecule has 7 heteroatoms. The Bertz CT molecular complexity index is 709. The first-order valence-corrected chi connectivity index (χ1v) is 6.64. The Morgan fingerprint density at radius 3 is 2.77 bits per heavy atom. The van der Waals surface area contributed by atoms with Gasteiger partial charge in [-0.1, -0.05) is 12.1 Å². The van der Waals surface area contributed by atoms with Gasteiger partial charge in [-0.3, -0.25) is 9.48 Å². The van der Waals surface area contributed by atoms with Crippen molar-refractivity contribution in [1.82, 2.24) is 15.1 Å². The number of hydrogen-bond acceptors (Lipinski definition) is 4. The fourth-order valence-corrected chi connectivity index (χ4v) is 2.13. The third-order valence-corrected chi connectivity index (χ3v) is 3.33. The summed E-state index contributed by atoms with van der Waals surface area (Å²) in [6, 6.07) is 7.00.